The second-order valence-corrected chi connectivity index (χ2v) is 6.19. The number of nitrogens with zero attached hydrogens (tertiary/aromatic N) is 2. The maximum Gasteiger partial charge on any atom is 0.146 e. The largest absolute Gasteiger partial charge is 0.489 e. The molecule has 0 spiro atoms. The van der Waals surface area contributed by atoms with Gasteiger partial charge in [-0.3, -0.25) is 4.98 Å². The summed E-state index contributed by atoms with van der Waals surface area (Å²) in [6, 6.07) is 7.40. The van der Waals surface area contributed by atoms with Gasteiger partial charge in [-0.25, -0.2) is 8.78 Å². The molecule has 0 saturated heterocycles. The van der Waals surface area contributed by atoms with Gasteiger partial charge in [-0.15, -0.1) is 0 Å². The van der Waals surface area contributed by atoms with Crippen LogP contribution in [0.4, 0.5) is 8.78 Å². The Kier molecular flexibility index (Phi) is 5.21. The lowest BCUT2D eigenvalue weighted by Crippen LogP contribution is -2.25. The number of halogens is 2. The Morgan fingerprint density at radius 1 is 1.19 bits per heavy atom. The van der Waals surface area contributed by atoms with E-state index in [0.29, 0.717) is 17.9 Å². The van der Waals surface area contributed by atoms with Gasteiger partial charge in [0.05, 0.1) is 0 Å². The van der Waals surface area contributed by atoms with Crippen molar-refractivity contribution in [1.82, 2.24) is 9.88 Å². The van der Waals surface area contributed by atoms with Crippen molar-refractivity contribution in [1.29, 1.82) is 0 Å². The van der Waals surface area contributed by atoms with Crippen LogP contribution >= 0.6 is 0 Å². The highest BCUT2D eigenvalue weighted by atomic mass is 19.1. The molecule has 0 saturated carbocycles. The molecule has 2 aromatic rings. The minimum Gasteiger partial charge on any atom is -0.489 e. The highest BCUT2D eigenvalue weighted by Gasteiger charge is 2.20. The first-order valence-electron chi connectivity index (χ1n) is 8.27. The van der Waals surface area contributed by atoms with E-state index in [-0.39, 0.29) is 6.61 Å². The SMILES string of the molecule is BC1=C(OCc2ccc(F)cc2F)C=C(C)N(Cc2ccncc2)C1=C. The van der Waals surface area contributed by atoms with Gasteiger partial charge in [0.15, 0.2) is 0 Å². The average molecular weight is 352 g/mol. The Hall–Kier alpha value is -2.89. The summed E-state index contributed by atoms with van der Waals surface area (Å²) < 4.78 is 32.6. The third-order valence-electron chi connectivity index (χ3n) is 4.38. The van der Waals surface area contributed by atoms with Crippen molar-refractivity contribution in [2.45, 2.75) is 20.1 Å². The van der Waals surface area contributed by atoms with Gasteiger partial charge in [-0.2, -0.15) is 0 Å². The number of allylic oxidation sites excluding steroid dienone is 3. The smallest absolute Gasteiger partial charge is 0.146 e. The minimum absolute atomic E-state index is 0.0280. The second-order valence-electron chi connectivity index (χ2n) is 6.19. The molecule has 0 bridgehead atoms. The summed E-state index contributed by atoms with van der Waals surface area (Å²) in [5.41, 5.74) is 4.12. The fourth-order valence-electron chi connectivity index (χ4n) is 2.77. The Balaban J connectivity index is 1.74. The van der Waals surface area contributed by atoms with Crippen LogP contribution in [0.1, 0.15) is 18.1 Å². The van der Waals surface area contributed by atoms with Crippen molar-refractivity contribution in [3.63, 3.8) is 0 Å². The van der Waals surface area contributed by atoms with E-state index < -0.39 is 11.6 Å². The second kappa shape index (κ2) is 7.56. The van der Waals surface area contributed by atoms with E-state index in [1.807, 2.05) is 33.0 Å². The van der Waals surface area contributed by atoms with E-state index >= 15 is 0 Å². The Labute approximate surface area is 152 Å². The standard InChI is InChI=1S/C20H19BF2N2O/c1-13-9-19(26-12-16-3-4-17(22)10-18(16)23)20(21)14(2)25(13)11-15-5-7-24-8-6-15/h3-10H,2,11-12,21H2,1H3. The third-order valence-corrected chi connectivity index (χ3v) is 4.38. The summed E-state index contributed by atoms with van der Waals surface area (Å²) in [6.07, 6.45) is 5.43. The highest BCUT2D eigenvalue weighted by molar-refractivity contribution is 6.24. The molecule has 0 unspecified atom stereocenters. The monoisotopic (exact) mass is 352 g/mol. The first kappa shape index (κ1) is 17.9. The molecule has 0 N–H and O–H groups in total. The first-order chi connectivity index (χ1) is 12.5. The molecule has 0 atom stereocenters. The summed E-state index contributed by atoms with van der Waals surface area (Å²) >= 11 is 0. The van der Waals surface area contributed by atoms with E-state index in [4.69, 9.17) is 4.74 Å². The summed E-state index contributed by atoms with van der Waals surface area (Å²) in [5.74, 6) is -0.574. The lowest BCUT2D eigenvalue weighted by atomic mass is 9.88. The molecule has 0 aliphatic carbocycles. The summed E-state index contributed by atoms with van der Waals surface area (Å²) in [7, 11) is 1.92. The molecule has 1 aliphatic heterocycles. The van der Waals surface area contributed by atoms with E-state index in [9.17, 15) is 8.78 Å². The molecule has 26 heavy (non-hydrogen) atoms. The summed E-state index contributed by atoms with van der Waals surface area (Å²) in [6.45, 7) is 6.85. The Morgan fingerprint density at radius 3 is 2.62 bits per heavy atom. The van der Waals surface area contributed by atoms with E-state index in [1.165, 1.54) is 12.1 Å². The van der Waals surface area contributed by atoms with E-state index in [1.54, 1.807) is 12.4 Å². The van der Waals surface area contributed by atoms with Gasteiger partial charge >= 0.3 is 0 Å². The zero-order valence-corrected chi connectivity index (χ0v) is 14.8. The van der Waals surface area contributed by atoms with Crippen LogP contribution in [0.3, 0.4) is 0 Å². The van der Waals surface area contributed by atoms with Crippen molar-refractivity contribution in [3.05, 3.63) is 101 Å². The lowest BCUT2D eigenvalue weighted by Gasteiger charge is -2.33. The minimum atomic E-state index is -0.613. The number of hydrogen-bond donors (Lipinski definition) is 0. The van der Waals surface area contributed by atoms with Crippen molar-refractivity contribution in [3.8, 4) is 0 Å². The van der Waals surface area contributed by atoms with Crippen LogP contribution < -0.4 is 0 Å². The van der Waals surface area contributed by atoms with Crippen molar-refractivity contribution < 1.29 is 13.5 Å². The quantitative estimate of drug-likeness (QED) is 0.768. The van der Waals surface area contributed by atoms with Crippen molar-refractivity contribution in [2.75, 3.05) is 0 Å². The molecule has 0 radical (unpaired) electrons. The average Bonchev–Trinajstić information content (AvgIpc) is 2.63. The molecule has 0 fully saturated rings. The van der Waals surface area contributed by atoms with E-state index in [2.05, 4.69) is 16.5 Å². The fraction of sp³-hybridized carbons (Fsp3) is 0.150. The molecule has 3 nitrogen and oxygen atoms in total. The fourth-order valence-corrected chi connectivity index (χ4v) is 2.77. The van der Waals surface area contributed by atoms with Gasteiger partial charge in [-0.05, 0) is 48.3 Å². The molecule has 132 valence electrons. The zero-order valence-electron chi connectivity index (χ0n) is 14.8. The van der Waals surface area contributed by atoms with Crippen LogP contribution in [0.15, 0.2) is 78.0 Å². The number of benzene rings is 1. The van der Waals surface area contributed by atoms with Gasteiger partial charge < -0.3 is 9.64 Å². The van der Waals surface area contributed by atoms with Crippen LogP contribution in [0.2, 0.25) is 0 Å². The molecule has 0 amide bonds. The predicted molar refractivity (Wildman–Crippen MR) is 99.4 cm³/mol. The van der Waals surface area contributed by atoms with Gasteiger partial charge in [-0.1, -0.05) is 6.58 Å². The van der Waals surface area contributed by atoms with E-state index in [0.717, 1.165) is 28.5 Å². The normalized spacial score (nSPS) is 14.5. The summed E-state index contributed by atoms with van der Waals surface area (Å²) in [4.78, 5) is 6.12. The maximum atomic E-state index is 13.8. The topological polar surface area (TPSA) is 25.4 Å². The van der Waals surface area contributed by atoms with Gasteiger partial charge in [0.2, 0.25) is 0 Å². The first-order valence-corrected chi connectivity index (χ1v) is 8.27. The molecule has 1 aromatic carbocycles. The predicted octanol–water partition coefficient (Wildman–Crippen LogP) is 3.65. The molecular formula is C20H19BF2N2O. The van der Waals surface area contributed by atoms with Crippen LogP contribution in [-0.2, 0) is 17.9 Å². The van der Waals surface area contributed by atoms with Gasteiger partial charge in [0, 0.05) is 42.0 Å². The van der Waals surface area contributed by atoms with Crippen molar-refractivity contribution >= 4 is 7.85 Å². The molecule has 1 aromatic heterocycles. The third kappa shape index (κ3) is 3.85. The number of rotatable bonds is 5. The molecule has 2 heterocycles. The van der Waals surface area contributed by atoms with Crippen LogP contribution in [0.5, 0.6) is 0 Å². The molecule has 6 heteroatoms. The molecular weight excluding hydrogens is 333 g/mol. The number of hydrogen-bond acceptors (Lipinski definition) is 3. The Morgan fingerprint density at radius 2 is 1.92 bits per heavy atom. The molecule has 3 rings (SSSR count). The lowest BCUT2D eigenvalue weighted by molar-refractivity contribution is 0.201. The highest BCUT2D eigenvalue weighted by Crippen LogP contribution is 2.29. The molecule has 1 aliphatic rings. The summed E-state index contributed by atoms with van der Waals surface area (Å²) in [5, 5.41) is 0. The Bertz CT molecular complexity index is 892. The van der Waals surface area contributed by atoms with Crippen molar-refractivity contribution in [2.24, 2.45) is 0 Å². The van der Waals surface area contributed by atoms with Gasteiger partial charge in [0.25, 0.3) is 0 Å². The van der Waals surface area contributed by atoms with Crippen LogP contribution in [0.25, 0.3) is 0 Å². The number of aromatic nitrogens is 1. The van der Waals surface area contributed by atoms with Crippen LogP contribution in [-0.4, -0.2) is 17.7 Å². The van der Waals surface area contributed by atoms with Gasteiger partial charge in [0.1, 0.15) is 31.8 Å². The van der Waals surface area contributed by atoms with Crippen LogP contribution in [0, 0.1) is 11.6 Å². The zero-order chi connectivity index (χ0) is 18.7. The maximum absolute atomic E-state index is 13.8. The number of ether oxygens (including phenoxy) is 1. The number of pyridine rings is 1.